The normalized spacial score (nSPS) is 22.4. The van der Waals surface area contributed by atoms with Crippen molar-refractivity contribution in [2.24, 2.45) is 0 Å². The van der Waals surface area contributed by atoms with Crippen molar-refractivity contribution in [1.82, 2.24) is 4.90 Å². The first kappa shape index (κ1) is 14.8. The molecule has 2 aliphatic rings. The molecule has 0 aliphatic carbocycles. The van der Waals surface area contributed by atoms with Gasteiger partial charge in [0.05, 0.1) is 19.3 Å². The number of aryl methyl sites for hydroxylation is 1. The maximum atomic E-state index is 6.09. The molecule has 0 aromatic heterocycles. The van der Waals surface area contributed by atoms with Gasteiger partial charge in [0.25, 0.3) is 0 Å². The Balaban J connectivity index is 1.67. The van der Waals surface area contributed by atoms with Gasteiger partial charge in [-0.1, -0.05) is 12.1 Å². The SMILES string of the molecule is COc1cc(CN2CCOC3(CCOCC3)C2)ccc1C. The average Bonchev–Trinajstić information content (AvgIpc) is 2.50. The quantitative estimate of drug-likeness (QED) is 0.855. The van der Waals surface area contributed by atoms with E-state index in [4.69, 9.17) is 14.2 Å². The fourth-order valence-electron chi connectivity index (χ4n) is 3.33. The van der Waals surface area contributed by atoms with Crippen molar-refractivity contribution in [3.63, 3.8) is 0 Å². The molecule has 1 aromatic carbocycles. The van der Waals surface area contributed by atoms with Crippen molar-refractivity contribution in [1.29, 1.82) is 0 Å². The Morgan fingerprint density at radius 1 is 1.24 bits per heavy atom. The predicted octanol–water partition coefficient (Wildman–Crippen LogP) is 2.39. The average molecular weight is 291 g/mol. The van der Waals surface area contributed by atoms with E-state index in [1.54, 1.807) is 7.11 Å². The summed E-state index contributed by atoms with van der Waals surface area (Å²) in [7, 11) is 1.73. The summed E-state index contributed by atoms with van der Waals surface area (Å²) in [5.74, 6) is 0.974. The molecule has 0 bridgehead atoms. The molecule has 0 N–H and O–H groups in total. The Labute approximate surface area is 127 Å². The molecule has 2 aliphatic heterocycles. The number of rotatable bonds is 3. The van der Waals surface area contributed by atoms with Gasteiger partial charge in [0.2, 0.25) is 0 Å². The maximum absolute atomic E-state index is 6.09. The summed E-state index contributed by atoms with van der Waals surface area (Å²) in [6.07, 6.45) is 2.03. The molecule has 0 unspecified atom stereocenters. The van der Waals surface area contributed by atoms with Crippen molar-refractivity contribution in [3.8, 4) is 5.75 Å². The third-order valence-electron chi connectivity index (χ3n) is 4.61. The monoisotopic (exact) mass is 291 g/mol. The first-order valence-electron chi connectivity index (χ1n) is 7.78. The molecule has 2 saturated heterocycles. The van der Waals surface area contributed by atoms with Crippen LogP contribution in [0.1, 0.15) is 24.0 Å². The van der Waals surface area contributed by atoms with Gasteiger partial charge in [0.15, 0.2) is 0 Å². The topological polar surface area (TPSA) is 30.9 Å². The summed E-state index contributed by atoms with van der Waals surface area (Å²) in [6, 6.07) is 6.49. The molecule has 3 rings (SSSR count). The van der Waals surface area contributed by atoms with Gasteiger partial charge in [-0.3, -0.25) is 4.90 Å². The minimum atomic E-state index is 0.0191. The van der Waals surface area contributed by atoms with E-state index < -0.39 is 0 Å². The van der Waals surface area contributed by atoms with Crippen LogP contribution in [0.2, 0.25) is 0 Å². The van der Waals surface area contributed by atoms with Crippen molar-refractivity contribution < 1.29 is 14.2 Å². The number of nitrogens with zero attached hydrogens (tertiary/aromatic N) is 1. The van der Waals surface area contributed by atoms with Crippen LogP contribution in [0.5, 0.6) is 5.75 Å². The van der Waals surface area contributed by atoms with E-state index in [1.165, 1.54) is 11.1 Å². The van der Waals surface area contributed by atoms with Crippen molar-refractivity contribution >= 4 is 0 Å². The molecular formula is C17H25NO3. The highest BCUT2D eigenvalue weighted by Crippen LogP contribution is 2.30. The molecule has 1 aromatic rings. The summed E-state index contributed by atoms with van der Waals surface area (Å²) >= 11 is 0. The zero-order valence-electron chi connectivity index (χ0n) is 13.1. The second kappa shape index (κ2) is 6.34. The summed E-state index contributed by atoms with van der Waals surface area (Å²) in [5, 5.41) is 0. The van der Waals surface area contributed by atoms with Gasteiger partial charge in [-0.2, -0.15) is 0 Å². The Bertz CT molecular complexity index is 477. The molecule has 4 heteroatoms. The van der Waals surface area contributed by atoms with E-state index >= 15 is 0 Å². The molecule has 21 heavy (non-hydrogen) atoms. The lowest BCUT2D eigenvalue weighted by Crippen LogP contribution is -2.54. The number of hydrogen-bond acceptors (Lipinski definition) is 4. The standard InChI is InChI=1S/C17H25NO3/c1-14-3-4-15(11-16(14)19-2)12-18-7-10-21-17(13-18)5-8-20-9-6-17/h3-4,11H,5-10,12-13H2,1-2H3. The Morgan fingerprint density at radius 2 is 2.05 bits per heavy atom. The molecule has 0 radical (unpaired) electrons. The van der Waals surface area contributed by atoms with Crippen LogP contribution in [-0.2, 0) is 16.0 Å². The van der Waals surface area contributed by atoms with Gasteiger partial charge >= 0.3 is 0 Å². The fraction of sp³-hybridized carbons (Fsp3) is 0.647. The molecule has 4 nitrogen and oxygen atoms in total. The smallest absolute Gasteiger partial charge is 0.122 e. The lowest BCUT2D eigenvalue weighted by atomic mass is 9.92. The minimum absolute atomic E-state index is 0.0191. The van der Waals surface area contributed by atoms with Gasteiger partial charge in [0.1, 0.15) is 5.75 Å². The Morgan fingerprint density at radius 3 is 2.81 bits per heavy atom. The second-order valence-electron chi connectivity index (χ2n) is 6.16. The van der Waals surface area contributed by atoms with E-state index in [1.807, 2.05) is 0 Å². The second-order valence-corrected chi connectivity index (χ2v) is 6.16. The van der Waals surface area contributed by atoms with Gasteiger partial charge in [0, 0.05) is 45.7 Å². The largest absolute Gasteiger partial charge is 0.496 e. The minimum Gasteiger partial charge on any atom is -0.496 e. The van der Waals surface area contributed by atoms with Crippen LogP contribution in [0.25, 0.3) is 0 Å². The third-order valence-corrected chi connectivity index (χ3v) is 4.61. The molecule has 0 atom stereocenters. The van der Waals surface area contributed by atoms with Gasteiger partial charge in [-0.05, 0) is 24.1 Å². The first-order valence-corrected chi connectivity index (χ1v) is 7.78. The van der Waals surface area contributed by atoms with Crippen LogP contribution in [0, 0.1) is 6.92 Å². The summed E-state index contributed by atoms with van der Waals surface area (Å²) in [4.78, 5) is 2.50. The maximum Gasteiger partial charge on any atom is 0.122 e. The van der Waals surface area contributed by atoms with E-state index in [9.17, 15) is 0 Å². The molecule has 0 saturated carbocycles. The van der Waals surface area contributed by atoms with Gasteiger partial charge < -0.3 is 14.2 Å². The van der Waals surface area contributed by atoms with Crippen LogP contribution in [0.4, 0.5) is 0 Å². The lowest BCUT2D eigenvalue weighted by molar-refractivity contribution is -0.155. The number of benzene rings is 1. The van der Waals surface area contributed by atoms with Gasteiger partial charge in [-0.25, -0.2) is 0 Å². The Kier molecular flexibility index (Phi) is 4.48. The number of methoxy groups -OCH3 is 1. The van der Waals surface area contributed by atoms with Crippen LogP contribution in [0.3, 0.4) is 0 Å². The van der Waals surface area contributed by atoms with Gasteiger partial charge in [-0.15, -0.1) is 0 Å². The predicted molar refractivity (Wildman–Crippen MR) is 81.7 cm³/mol. The van der Waals surface area contributed by atoms with Crippen LogP contribution in [0.15, 0.2) is 18.2 Å². The fourth-order valence-corrected chi connectivity index (χ4v) is 3.33. The highest BCUT2D eigenvalue weighted by Gasteiger charge is 2.38. The van der Waals surface area contributed by atoms with Crippen molar-refractivity contribution in [2.45, 2.75) is 31.9 Å². The summed E-state index contributed by atoms with van der Waals surface area (Å²) < 4.78 is 17.0. The van der Waals surface area contributed by atoms with E-state index in [-0.39, 0.29) is 5.60 Å². The van der Waals surface area contributed by atoms with Crippen LogP contribution in [-0.4, -0.2) is 50.5 Å². The van der Waals surface area contributed by atoms with E-state index in [2.05, 4.69) is 30.0 Å². The molecular weight excluding hydrogens is 266 g/mol. The number of hydrogen-bond donors (Lipinski definition) is 0. The third kappa shape index (κ3) is 3.39. The molecule has 2 fully saturated rings. The van der Waals surface area contributed by atoms with Crippen LogP contribution < -0.4 is 4.74 Å². The van der Waals surface area contributed by atoms with Crippen molar-refractivity contribution in [3.05, 3.63) is 29.3 Å². The highest BCUT2D eigenvalue weighted by atomic mass is 16.5. The van der Waals surface area contributed by atoms with Crippen molar-refractivity contribution in [2.75, 3.05) is 40.0 Å². The Hall–Kier alpha value is -1.10. The molecule has 0 amide bonds. The molecule has 2 heterocycles. The number of ether oxygens (including phenoxy) is 3. The van der Waals surface area contributed by atoms with E-state index in [0.29, 0.717) is 0 Å². The molecule has 1 spiro atoms. The molecule has 116 valence electrons. The first-order chi connectivity index (χ1) is 10.2. The zero-order chi connectivity index (χ0) is 14.7. The zero-order valence-corrected chi connectivity index (χ0v) is 13.1. The lowest BCUT2D eigenvalue weighted by Gasteiger charge is -2.44. The summed E-state index contributed by atoms with van der Waals surface area (Å²) in [6.45, 7) is 7.52. The highest BCUT2D eigenvalue weighted by molar-refractivity contribution is 5.36. The van der Waals surface area contributed by atoms with E-state index in [0.717, 1.165) is 58.0 Å². The van der Waals surface area contributed by atoms with Crippen LogP contribution >= 0.6 is 0 Å². The summed E-state index contributed by atoms with van der Waals surface area (Å²) in [5.41, 5.74) is 2.51. The number of morpholine rings is 1.